The predicted molar refractivity (Wildman–Crippen MR) is 86.7 cm³/mol. The first-order valence-corrected chi connectivity index (χ1v) is 7.25. The van der Waals surface area contributed by atoms with Gasteiger partial charge in [-0.25, -0.2) is 0 Å². The molecule has 2 N–H and O–H groups in total. The number of rotatable bonds is 1. The predicted octanol–water partition coefficient (Wildman–Crippen LogP) is 2.89. The van der Waals surface area contributed by atoms with Gasteiger partial charge in [-0.05, 0) is 39.8 Å². The Hall–Kier alpha value is -1.88. The van der Waals surface area contributed by atoms with Crippen LogP contribution in [0, 0.1) is 0 Å². The lowest BCUT2D eigenvalue weighted by atomic mass is 9.80. The first kappa shape index (κ1) is 11.9. The molecule has 0 amide bonds. The number of benzene rings is 3. The molecular formula is C16H11BO2S. The highest BCUT2D eigenvalue weighted by Crippen LogP contribution is 2.35. The van der Waals surface area contributed by atoms with Crippen LogP contribution in [0.4, 0.5) is 0 Å². The summed E-state index contributed by atoms with van der Waals surface area (Å²) in [4.78, 5) is 0. The third-order valence-electron chi connectivity index (χ3n) is 3.66. The molecule has 0 saturated heterocycles. The molecule has 0 atom stereocenters. The molecule has 2 nitrogen and oxygen atoms in total. The summed E-state index contributed by atoms with van der Waals surface area (Å²) in [6.07, 6.45) is 0. The molecule has 0 aliphatic carbocycles. The second-order valence-electron chi connectivity index (χ2n) is 4.93. The van der Waals surface area contributed by atoms with E-state index in [2.05, 4.69) is 24.3 Å². The lowest BCUT2D eigenvalue weighted by molar-refractivity contribution is 0.426. The molecule has 0 aliphatic heterocycles. The van der Waals surface area contributed by atoms with Crippen LogP contribution in [-0.2, 0) is 0 Å². The normalized spacial score (nSPS) is 11.5. The average Bonchev–Trinajstić information content (AvgIpc) is 2.81. The van der Waals surface area contributed by atoms with E-state index in [1.807, 2.05) is 24.3 Å². The largest absolute Gasteiger partial charge is 0.488 e. The second-order valence-corrected chi connectivity index (χ2v) is 6.01. The minimum atomic E-state index is -1.42. The summed E-state index contributed by atoms with van der Waals surface area (Å²) in [6, 6.07) is 18.3. The van der Waals surface area contributed by atoms with Crippen LogP contribution in [0.5, 0.6) is 0 Å². The molecule has 20 heavy (non-hydrogen) atoms. The van der Waals surface area contributed by atoms with E-state index in [4.69, 9.17) is 0 Å². The van der Waals surface area contributed by atoms with Crippen molar-refractivity contribution in [2.75, 3.05) is 0 Å². The lowest BCUT2D eigenvalue weighted by Gasteiger charge is -2.00. The Labute approximate surface area is 120 Å². The summed E-state index contributed by atoms with van der Waals surface area (Å²) in [6.45, 7) is 0. The third kappa shape index (κ3) is 1.73. The maximum absolute atomic E-state index is 9.32. The zero-order chi connectivity index (χ0) is 13.7. The Bertz CT molecular complexity index is 943. The Kier molecular flexibility index (Phi) is 2.57. The van der Waals surface area contributed by atoms with Crippen LogP contribution in [0.1, 0.15) is 0 Å². The van der Waals surface area contributed by atoms with Gasteiger partial charge in [0.05, 0.1) is 0 Å². The van der Waals surface area contributed by atoms with Gasteiger partial charge in [0.1, 0.15) is 0 Å². The summed E-state index contributed by atoms with van der Waals surface area (Å²) in [5, 5.41) is 23.3. The van der Waals surface area contributed by atoms with Crippen LogP contribution in [0.15, 0.2) is 54.6 Å². The minimum Gasteiger partial charge on any atom is -0.423 e. The van der Waals surface area contributed by atoms with Crippen molar-refractivity contribution in [1.82, 2.24) is 0 Å². The maximum atomic E-state index is 9.32. The molecule has 0 fully saturated rings. The molecule has 0 spiro atoms. The Morgan fingerprint density at radius 1 is 0.750 bits per heavy atom. The standard InChI is InChI=1S/C16H11BO2S/c18-17(19)12-5-6-15-14(9-12)13-7-10-3-1-2-4-11(10)8-16(13)20-15/h1-9,18-19H. The minimum absolute atomic E-state index is 0.533. The fourth-order valence-electron chi connectivity index (χ4n) is 2.64. The van der Waals surface area contributed by atoms with Crippen LogP contribution >= 0.6 is 11.3 Å². The molecule has 1 heterocycles. The number of hydrogen-bond donors (Lipinski definition) is 2. The van der Waals surface area contributed by atoms with Gasteiger partial charge in [-0.1, -0.05) is 36.4 Å². The molecule has 0 saturated carbocycles. The average molecular weight is 278 g/mol. The first-order chi connectivity index (χ1) is 9.72. The smallest absolute Gasteiger partial charge is 0.423 e. The van der Waals surface area contributed by atoms with Crippen LogP contribution < -0.4 is 5.46 Å². The van der Waals surface area contributed by atoms with Crippen molar-refractivity contribution in [1.29, 1.82) is 0 Å². The summed E-state index contributed by atoms with van der Waals surface area (Å²) in [7, 11) is -1.42. The number of thiophene rings is 1. The van der Waals surface area contributed by atoms with E-state index in [-0.39, 0.29) is 0 Å². The van der Waals surface area contributed by atoms with Gasteiger partial charge in [-0.3, -0.25) is 0 Å². The molecule has 4 aromatic rings. The van der Waals surface area contributed by atoms with Crippen LogP contribution in [-0.4, -0.2) is 17.2 Å². The molecule has 1 aromatic heterocycles. The first-order valence-electron chi connectivity index (χ1n) is 6.43. The van der Waals surface area contributed by atoms with Gasteiger partial charge in [0, 0.05) is 14.8 Å². The zero-order valence-corrected chi connectivity index (χ0v) is 11.4. The molecule has 0 radical (unpaired) electrons. The molecular weight excluding hydrogens is 267 g/mol. The summed E-state index contributed by atoms with van der Waals surface area (Å²) < 4.78 is 2.39. The van der Waals surface area contributed by atoms with Crippen molar-refractivity contribution in [3.05, 3.63) is 54.6 Å². The van der Waals surface area contributed by atoms with Gasteiger partial charge in [0.25, 0.3) is 0 Å². The van der Waals surface area contributed by atoms with E-state index in [0.717, 1.165) is 5.39 Å². The highest BCUT2D eigenvalue weighted by molar-refractivity contribution is 7.25. The van der Waals surface area contributed by atoms with Gasteiger partial charge in [-0.2, -0.15) is 0 Å². The van der Waals surface area contributed by atoms with Crippen molar-refractivity contribution in [2.45, 2.75) is 0 Å². The van der Waals surface area contributed by atoms with Crippen molar-refractivity contribution in [3.63, 3.8) is 0 Å². The van der Waals surface area contributed by atoms with Crippen LogP contribution in [0.3, 0.4) is 0 Å². The van der Waals surface area contributed by atoms with Crippen LogP contribution in [0.25, 0.3) is 30.9 Å². The summed E-state index contributed by atoms with van der Waals surface area (Å²) >= 11 is 1.73. The lowest BCUT2D eigenvalue weighted by Crippen LogP contribution is -2.29. The molecule has 0 bridgehead atoms. The monoisotopic (exact) mass is 278 g/mol. The van der Waals surface area contributed by atoms with Crippen molar-refractivity contribution in [3.8, 4) is 0 Å². The van der Waals surface area contributed by atoms with Gasteiger partial charge in [0.15, 0.2) is 0 Å². The van der Waals surface area contributed by atoms with Crippen molar-refractivity contribution >= 4 is 54.9 Å². The van der Waals surface area contributed by atoms with Gasteiger partial charge in [-0.15, -0.1) is 11.3 Å². The van der Waals surface area contributed by atoms with Crippen molar-refractivity contribution in [2.24, 2.45) is 0 Å². The van der Waals surface area contributed by atoms with E-state index >= 15 is 0 Å². The highest BCUT2D eigenvalue weighted by Gasteiger charge is 2.13. The molecule has 3 aromatic carbocycles. The fourth-order valence-corrected chi connectivity index (χ4v) is 3.76. The maximum Gasteiger partial charge on any atom is 0.488 e. The molecule has 0 aliphatic rings. The molecule has 4 rings (SSSR count). The van der Waals surface area contributed by atoms with Gasteiger partial charge >= 0.3 is 7.12 Å². The third-order valence-corrected chi connectivity index (χ3v) is 4.79. The summed E-state index contributed by atoms with van der Waals surface area (Å²) in [5.41, 5.74) is 0.533. The SMILES string of the molecule is OB(O)c1ccc2sc3cc4ccccc4cc3c2c1. The van der Waals surface area contributed by atoms with E-state index in [1.54, 1.807) is 17.4 Å². The topological polar surface area (TPSA) is 40.5 Å². The fraction of sp³-hybridized carbons (Fsp3) is 0. The van der Waals surface area contributed by atoms with E-state index in [9.17, 15) is 10.0 Å². The zero-order valence-electron chi connectivity index (χ0n) is 10.6. The molecule has 0 unspecified atom stereocenters. The van der Waals surface area contributed by atoms with E-state index < -0.39 is 7.12 Å². The second kappa shape index (κ2) is 4.31. The molecule has 96 valence electrons. The van der Waals surface area contributed by atoms with Crippen molar-refractivity contribution < 1.29 is 10.0 Å². The van der Waals surface area contributed by atoms with Gasteiger partial charge < -0.3 is 10.0 Å². The van der Waals surface area contributed by atoms with Crippen LogP contribution in [0.2, 0.25) is 0 Å². The Balaban J connectivity index is 2.13. The number of hydrogen-bond acceptors (Lipinski definition) is 3. The van der Waals surface area contributed by atoms with E-state index in [1.165, 1.54) is 25.6 Å². The summed E-state index contributed by atoms with van der Waals surface area (Å²) in [5.74, 6) is 0. The highest BCUT2D eigenvalue weighted by atomic mass is 32.1. The Morgan fingerprint density at radius 2 is 1.45 bits per heavy atom. The van der Waals surface area contributed by atoms with E-state index in [0.29, 0.717) is 5.46 Å². The number of fused-ring (bicyclic) bond motifs is 4. The Morgan fingerprint density at radius 3 is 2.20 bits per heavy atom. The quantitative estimate of drug-likeness (QED) is 0.526. The van der Waals surface area contributed by atoms with Gasteiger partial charge in [0.2, 0.25) is 0 Å². The molecule has 4 heteroatoms.